The number of nitrogens with two attached hydrogens (primary N) is 1. The molecule has 0 bridgehead atoms. The van der Waals surface area contributed by atoms with E-state index in [0.717, 1.165) is 0 Å². The van der Waals surface area contributed by atoms with E-state index in [9.17, 15) is 22.8 Å². The molecule has 1 aromatic rings. The number of nitrogens with one attached hydrogen (secondary N) is 1. The third-order valence-electron chi connectivity index (χ3n) is 2.41. The van der Waals surface area contributed by atoms with Crippen LogP contribution in [0.3, 0.4) is 0 Å². The van der Waals surface area contributed by atoms with Gasteiger partial charge in [-0.2, -0.15) is 13.2 Å². The summed E-state index contributed by atoms with van der Waals surface area (Å²) in [6.45, 7) is -0.246. The van der Waals surface area contributed by atoms with Crippen LogP contribution in [0.2, 0.25) is 5.02 Å². The van der Waals surface area contributed by atoms with Crippen molar-refractivity contribution in [1.82, 2.24) is 5.32 Å². The molecule has 0 saturated heterocycles. The van der Waals surface area contributed by atoms with Gasteiger partial charge in [-0.1, -0.05) is 11.6 Å². The predicted octanol–water partition coefficient (Wildman–Crippen LogP) is 2.56. The molecular formula is C12H12ClF3N2O2. The monoisotopic (exact) mass is 308 g/mol. The minimum Gasteiger partial charge on any atom is -0.399 e. The van der Waals surface area contributed by atoms with Crippen LogP contribution in [-0.2, 0) is 4.79 Å². The lowest BCUT2D eigenvalue weighted by molar-refractivity contribution is -0.173. The predicted molar refractivity (Wildman–Crippen MR) is 68.5 cm³/mol. The van der Waals surface area contributed by atoms with E-state index in [-0.39, 0.29) is 35.8 Å². The van der Waals surface area contributed by atoms with Crippen LogP contribution >= 0.6 is 11.6 Å². The second-order valence-corrected chi connectivity index (χ2v) is 4.43. The molecule has 0 aliphatic rings. The first-order valence-corrected chi connectivity index (χ1v) is 6.03. The standard InChI is InChI=1S/C12H12ClF3N2O2/c13-9-4-3-7(17)6-8(9)10(19)2-1-5-18-11(20)12(14,15)16/h3-4,6H,1-2,5,17H2,(H,18,20). The highest BCUT2D eigenvalue weighted by Gasteiger charge is 2.38. The molecule has 20 heavy (non-hydrogen) atoms. The maximum absolute atomic E-state index is 11.9. The van der Waals surface area contributed by atoms with E-state index >= 15 is 0 Å². The molecule has 0 aliphatic heterocycles. The van der Waals surface area contributed by atoms with Crippen molar-refractivity contribution in [2.75, 3.05) is 12.3 Å². The molecule has 1 aromatic carbocycles. The van der Waals surface area contributed by atoms with Gasteiger partial charge in [0.05, 0.1) is 5.02 Å². The molecule has 0 fully saturated rings. The number of benzene rings is 1. The van der Waals surface area contributed by atoms with Gasteiger partial charge in [0.1, 0.15) is 0 Å². The molecule has 0 saturated carbocycles. The Bertz CT molecular complexity index is 518. The molecule has 3 N–H and O–H groups in total. The van der Waals surface area contributed by atoms with Crippen molar-refractivity contribution in [3.8, 4) is 0 Å². The van der Waals surface area contributed by atoms with Gasteiger partial charge in [0.2, 0.25) is 0 Å². The van der Waals surface area contributed by atoms with E-state index in [0.29, 0.717) is 5.69 Å². The van der Waals surface area contributed by atoms with Crippen molar-refractivity contribution >= 4 is 29.0 Å². The van der Waals surface area contributed by atoms with E-state index in [4.69, 9.17) is 17.3 Å². The third kappa shape index (κ3) is 4.73. The molecule has 8 heteroatoms. The zero-order chi connectivity index (χ0) is 15.3. The number of anilines is 1. The zero-order valence-corrected chi connectivity index (χ0v) is 11.0. The molecule has 0 unspecified atom stereocenters. The van der Waals surface area contributed by atoms with Gasteiger partial charge in [-0.05, 0) is 24.6 Å². The van der Waals surface area contributed by atoms with Crippen molar-refractivity contribution in [3.05, 3.63) is 28.8 Å². The Morgan fingerprint density at radius 3 is 2.55 bits per heavy atom. The van der Waals surface area contributed by atoms with Crippen molar-refractivity contribution in [2.45, 2.75) is 19.0 Å². The van der Waals surface area contributed by atoms with Gasteiger partial charge in [-0.25, -0.2) is 0 Å². The molecule has 0 aliphatic carbocycles. The Hall–Kier alpha value is -1.76. The highest BCUT2D eigenvalue weighted by atomic mass is 35.5. The minimum absolute atomic E-state index is 0.0404. The van der Waals surface area contributed by atoms with Gasteiger partial charge >= 0.3 is 12.1 Å². The third-order valence-corrected chi connectivity index (χ3v) is 2.74. The average Bonchev–Trinajstić information content (AvgIpc) is 2.35. The smallest absolute Gasteiger partial charge is 0.399 e. The summed E-state index contributed by atoms with van der Waals surface area (Å²) >= 11 is 5.82. The first kappa shape index (κ1) is 16.3. The fraction of sp³-hybridized carbons (Fsp3) is 0.333. The Morgan fingerprint density at radius 1 is 1.30 bits per heavy atom. The van der Waals surface area contributed by atoms with E-state index in [1.54, 1.807) is 5.32 Å². The van der Waals surface area contributed by atoms with Crippen LogP contribution in [0.4, 0.5) is 18.9 Å². The molecule has 0 atom stereocenters. The summed E-state index contributed by atoms with van der Waals surface area (Å²) in [7, 11) is 0. The number of ketones is 1. The van der Waals surface area contributed by atoms with Gasteiger partial charge in [-0.3, -0.25) is 9.59 Å². The highest BCUT2D eigenvalue weighted by molar-refractivity contribution is 6.34. The lowest BCUT2D eigenvalue weighted by Crippen LogP contribution is -2.37. The van der Waals surface area contributed by atoms with Crippen LogP contribution in [0, 0.1) is 0 Å². The van der Waals surface area contributed by atoms with Crippen LogP contribution in [0.5, 0.6) is 0 Å². The average molecular weight is 309 g/mol. The lowest BCUT2D eigenvalue weighted by Gasteiger charge is -2.08. The SMILES string of the molecule is Nc1ccc(Cl)c(C(=O)CCCNC(=O)C(F)(F)F)c1. The number of nitrogen functional groups attached to an aromatic ring is 1. The van der Waals surface area contributed by atoms with Gasteiger partial charge in [0, 0.05) is 24.2 Å². The van der Waals surface area contributed by atoms with E-state index in [1.165, 1.54) is 18.2 Å². The van der Waals surface area contributed by atoms with Gasteiger partial charge in [0.15, 0.2) is 5.78 Å². The van der Waals surface area contributed by atoms with Crippen LogP contribution in [0.15, 0.2) is 18.2 Å². The Balaban J connectivity index is 2.45. The molecule has 0 heterocycles. The zero-order valence-electron chi connectivity index (χ0n) is 10.3. The summed E-state index contributed by atoms with van der Waals surface area (Å²) in [6, 6.07) is 4.40. The number of alkyl halides is 3. The number of amides is 1. The number of hydrogen-bond donors (Lipinski definition) is 2. The quantitative estimate of drug-likeness (QED) is 0.499. The highest BCUT2D eigenvalue weighted by Crippen LogP contribution is 2.20. The molecule has 4 nitrogen and oxygen atoms in total. The van der Waals surface area contributed by atoms with E-state index in [2.05, 4.69) is 0 Å². The molecule has 0 radical (unpaired) electrons. The second kappa shape index (κ2) is 6.60. The van der Waals surface area contributed by atoms with E-state index in [1.807, 2.05) is 0 Å². The summed E-state index contributed by atoms with van der Waals surface area (Å²) in [6.07, 6.45) is -4.88. The van der Waals surface area contributed by atoms with Gasteiger partial charge in [-0.15, -0.1) is 0 Å². The topological polar surface area (TPSA) is 72.2 Å². The molecule has 1 rings (SSSR count). The fourth-order valence-corrected chi connectivity index (χ4v) is 1.67. The lowest BCUT2D eigenvalue weighted by atomic mass is 10.1. The number of halogens is 4. The molecular weight excluding hydrogens is 297 g/mol. The number of Topliss-reactive ketones (excluding diaryl/α,β-unsaturated/α-hetero) is 1. The summed E-state index contributed by atoms with van der Waals surface area (Å²) in [5.41, 5.74) is 6.10. The minimum atomic E-state index is -4.92. The maximum atomic E-state index is 11.9. The first-order chi connectivity index (χ1) is 9.21. The first-order valence-electron chi connectivity index (χ1n) is 5.65. The Morgan fingerprint density at radius 2 is 1.95 bits per heavy atom. The summed E-state index contributed by atoms with van der Waals surface area (Å²) in [4.78, 5) is 22.3. The molecule has 0 spiro atoms. The van der Waals surface area contributed by atoms with Crippen molar-refractivity contribution < 1.29 is 22.8 Å². The Kier molecular flexibility index (Phi) is 5.38. The second-order valence-electron chi connectivity index (χ2n) is 4.02. The largest absolute Gasteiger partial charge is 0.471 e. The number of hydrogen-bond acceptors (Lipinski definition) is 3. The normalized spacial score (nSPS) is 11.2. The van der Waals surface area contributed by atoms with Crippen LogP contribution in [0.1, 0.15) is 23.2 Å². The van der Waals surface area contributed by atoms with Crippen molar-refractivity contribution in [3.63, 3.8) is 0 Å². The van der Waals surface area contributed by atoms with Crippen molar-refractivity contribution in [1.29, 1.82) is 0 Å². The van der Waals surface area contributed by atoms with E-state index < -0.39 is 12.1 Å². The molecule has 110 valence electrons. The summed E-state index contributed by atoms with van der Waals surface area (Å²) < 4.78 is 35.7. The van der Waals surface area contributed by atoms with Crippen LogP contribution in [0.25, 0.3) is 0 Å². The van der Waals surface area contributed by atoms with Gasteiger partial charge < -0.3 is 11.1 Å². The summed E-state index contributed by atoms with van der Waals surface area (Å²) in [5.74, 6) is -2.37. The van der Waals surface area contributed by atoms with Crippen LogP contribution < -0.4 is 11.1 Å². The fourth-order valence-electron chi connectivity index (χ4n) is 1.44. The number of carbonyl (C=O) groups excluding carboxylic acids is 2. The van der Waals surface area contributed by atoms with Crippen LogP contribution in [-0.4, -0.2) is 24.4 Å². The Labute approximate surface area is 118 Å². The van der Waals surface area contributed by atoms with Gasteiger partial charge in [0.25, 0.3) is 0 Å². The number of carbonyl (C=O) groups is 2. The summed E-state index contributed by atoms with van der Waals surface area (Å²) in [5, 5.41) is 1.91. The molecule has 0 aromatic heterocycles. The van der Waals surface area contributed by atoms with Crippen molar-refractivity contribution in [2.24, 2.45) is 0 Å². The molecule has 1 amide bonds. The maximum Gasteiger partial charge on any atom is 0.471 e. The number of rotatable bonds is 5.